The van der Waals surface area contributed by atoms with Gasteiger partial charge in [0.2, 0.25) is 15.9 Å². The van der Waals surface area contributed by atoms with Crippen LogP contribution in [0, 0.1) is 29.0 Å². The molecule has 2 saturated heterocycles. The summed E-state index contributed by atoms with van der Waals surface area (Å²) in [5.74, 6) is -0.354. The Morgan fingerprint density at radius 3 is 2.57 bits per heavy atom. The van der Waals surface area contributed by atoms with Gasteiger partial charge in [0.1, 0.15) is 11.9 Å². The van der Waals surface area contributed by atoms with E-state index in [2.05, 4.69) is 11.6 Å². The molecule has 0 bridgehead atoms. The number of fused-ring (bicyclic) bond motifs is 2. The molecular weight excluding hydrogens is 561 g/mol. The van der Waals surface area contributed by atoms with E-state index in [9.17, 15) is 27.2 Å². The van der Waals surface area contributed by atoms with Crippen molar-refractivity contribution in [3.05, 3.63) is 35.1 Å². The molecular formula is C31H42FN3O6S. The van der Waals surface area contributed by atoms with Gasteiger partial charge in [-0.1, -0.05) is 39.3 Å². The van der Waals surface area contributed by atoms with Crippen LogP contribution in [0.1, 0.15) is 83.3 Å². The number of sulfonamides is 1. The van der Waals surface area contributed by atoms with E-state index in [1.165, 1.54) is 11.0 Å². The molecule has 42 heavy (non-hydrogen) atoms. The number of amides is 2. The van der Waals surface area contributed by atoms with Gasteiger partial charge in [-0.2, -0.15) is 0 Å². The smallest absolute Gasteiger partial charge is 0.410 e. The van der Waals surface area contributed by atoms with E-state index in [1.807, 2.05) is 13.8 Å². The summed E-state index contributed by atoms with van der Waals surface area (Å²) >= 11 is 0. The third-order valence-corrected chi connectivity index (χ3v) is 12.4. The first kappa shape index (κ1) is 29.5. The first-order valence-electron chi connectivity index (χ1n) is 15.5. The summed E-state index contributed by atoms with van der Waals surface area (Å²) in [7, 11) is -3.38. The van der Waals surface area contributed by atoms with Crippen molar-refractivity contribution in [2.45, 2.75) is 109 Å². The first-order chi connectivity index (χ1) is 19.9. The number of hydrogen-bond acceptors (Lipinski definition) is 6. The van der Waals surface area contributed by atoms with Gasteiger partial charge >= 0.3 is 6.09 Å². The van der Waals surface area contributed by atoms with E-state index in [0.717, 1.165) is 18.4 Å². The van der Waals surface area contributed by atoms with Crippen LogP contribution >= 0.6 is 0 Å². The summed E-state index contributed by atoms with van der Waals surface area (Å²) in [5.41, 5.74) is 0.790. The van der Waals surface area contributed by atoms with E-state index < -0.39 is 39.7 Å². The summed E-state index contributed by atoms with van der Waals surface area (Å²) in [6.45, 7) is 6.68. The highest BCUT2D eigenvalue weighted by molar-refractivity contribution is 7.90. The molecule has 3 heterocycles. The highest BCUT2D eigenvalue weighted by atomic mass is 32.2. The Morgan fingerprint density at radius 1 is 1.17 bits per heavy atom. The molecule has 230 valence electrons. The third kappa shape index (κ3) is 5.36. The van der Waals surface area contributed by atoms with Crippen LogP contribution in [0.5, 0.6) is 0 Å². The van der Waals surface area contributed by atoms with E-state index >= 15 is 0 Å². The van der Waals surface area contributed by atoms with Crippen LogP contribution in [0.4, 0.5) is 9.18 Å². The molecule has 1 N–H and O–H groups in total. The number of Topliss-reactive ketones (excluding diaryl/α,β-unsaturated/α-hetero) is 1. The van der Waals surface area contributed by atoms with Crippen molar-refractivity contribution >= 4 is 27.8 Å². The highest BCUT2D eigenvalue weighted by Crippen LogP contribution is 2.57. The number of carbonyl (C=O) groups excluding carboxylic acids is 3. The van der Waals surface area contributed by atoms with Crippen LogP contribution in [-0.2, 0) is 37.4 Å². The van der Waals surface area contributed by atoms with E-state index in [-0.39, 0.29) is 73.0 Å². The van der Waals surface area contributed by atoms with Gasteiger partial charge < -0.3 is 9.64 Å². The Balaban J connectivity index is 1.18. The van der Waals surface area contributed by atoms with Crippen molar-refractivity contribution in [3.63, 3.8) is 0 Å². The van der Waals surface area contributed by atoms with E-state index in [0.29, 0.717) is 31.2 Å². The normalized spacial score (nSPS) is 32.2. The zero-order valence-corrected chi connectivity index (χ0v) is 25.5. The summed E-state index contributed by atoms with van der Waals surface area (Å²) in [4.78, 5) is 44.2. The number of benzene rings is 1. The standard InChI is InChI=1S/C31H42FN3O6S/c1-4-20-13-31(20,17-33-42(39,40)21-8-9-21)14-27(36)26-12-28(25-11-10-22(18(2)3)29(37)35(25)26)41-30(38)34-15-19-6-5-7-24(32)23(19)16-34/h5-7,18,20-22,25-26,28,33H,4,8-17H2,1-3H3/t20-,22-,25-,26+,28-,31+/m1/s1. The Labute approximate surface area is 247 Å². The zero-order chi connectivity index (χ0) is 30.0. The lowest BCUT2D eigenvalue weighted by molar-refractivity contribution is -0.149. The molecule has 4 fully saturated rings. The van der Waals surface area contributed by atoms with Gasteiger partial charge in [0.05, 0.1) is 23.9 Å². The number of rotatable bonds is 10. The Morgan fingerprint density at radius 2 is 1.93 bits per heavy atom. The van der Waals surface area contributed by atoms with Gasteiger partial charge in [-0.05, 0) is 61.0 Å². The highest BCUT2D eigenvalue weighted by Gasteiger charge is 2.58. The van der Waals surface area contributed by atoms with Crippen molar-refractivity contribution in [1.29, 1.82) is 0 Å². The van der Waals surface area contributed by atoms with Crippen LogP contribution in [0.2, 0.25) is 0 Å². The summed E-state index contributed by atoms with van der Waals surface area (Å²) in [6, 6.07) is 3.69. The lowest BCUT2D eigenvalue weighted by Gasteiger charge is -2.40. The average Bonchev–Trinajstić information content (AvgIpc) is 3.84. The first-order valence-corrected chi connectivity index (χ1v) is 17.0. The van der Waals surface area contributed by atoms with Gasteiger partial charge in [0.15, 0.2) is 5.78 Å². The van der Waals surface area contributed by atoms with Crippen molar-refractivity contribution in [2.75, 3.05) is 6.54 Å². The minimum Gasteiger partial charge on any atom is -0.444 e. The molecule has 1 aromatic carbocycles. The summed E-state index contributed by atoms with van der Waals surface area (Å²) < 4.78 is 48.2. The number of nitrogens with one attached hydrogen (secondary N) is 1. The van der Waals surface area contributed by atoms with Gasteiger partial charge in [0, 0.05) is 37.4 Å². The predicted octanol–water partition coefficient (Wildman–Crippen LogP) is 4.14. The molecule has 11 heteroatoms. The SMILES string of the molecule is CC[C@@H]1C[C@@]1(CNS(=O)(=O)C1CC1)CC(=O)[C@@H]1C[C@@H](OC(=O)N2Cc3cccc(F)c3C2)[C@H]2CC[C@H](C(C)C)C(=O)N21. The van der Waals surface area contributed by atoms with Crippen molar-refractivity contribution < 1.29 is 31.9 Å². The number of nitrogens with zero attached hydrogens (tertiary/aromatic N) is 2. The number of carbonyl (C=O) groups is 3. The van der Waals surface area contributed by atoms with Crippen molar-refractivity contribution in [1.82, 2.24) is 14.5 Å². The van der Waals surface area contributed by atoms with Gasteiger partial charge in [-0.3, -0.25) is 14.5 Å². The molecule has 2 saturated carbocycles. The largest absolute Gasteiger partial charge is 0.444 e. The van der Waals surface area contributed by atoms with Crippen LogP contribution < -0.4 is 4.72 Å². The molecule has 0 aromatic heterocycles. The molecule has 3 aliphatic heterocycles. The molecule has 2 aliphatic carbocycles. The molecule has 2 amide bonds. The third-order valence-electron chi connectivity index (χ3n) is 10.5. The fourth-order valence-corrected chi connectivity index (χ4v) is 9.14. The van der Waals surface area contributed by atoms with Gasteiger partial charge in [0.25, 0.3) is 0 Å². The second-order valence-electron chi connectivity index (χ2n) is 13.5. The fraction of sp³-hybridized carbons (Fsp3) is 0.710. The van der Waals surface area contributed by atoms with E-state index in [1.54, 1.807) is 17.0 Å². The molecule has 0 radical (unpaired) electrons. The molecule has 1 aromatic rings. The maximum Gasteiger partial charge on any atom is 0.410 e. The number of hydrogen-bond donors (Lipinski definition) is 1. The monoisotopic (exact) mass is 603 g/mol. The second kappa shape index (κ2) is 10.9. The topological polar surface area (TPSA) is 113 Å². The maximum absolute atomic E-state index is 14.3. The Kier molecular flexibility index (Phi) is 7.65. The molecule has 6 atom stereocenters. The number of piperidine rings is 1. The van der Waals surface area contributed by atoms with Crippen LogP contribution in [0.25, 0.3) is 0 Å². The number of halogens is 1. The zero-order valence-electron chi connectivity index (χ0n) is 24.7. The van der Waals surface area contributed by atoms with Crippen molar-refractivity contribution in [3.8, 4) is 0 Å². The fourth-order valence-electron chi connectivity index (χ4n) is 7.66. The molecule has 5 aliphatic rings. The minimum absolute atomic E-state index is 0.0693. The van der Waals surface area contributed by atoms with Crippen LogP contribution in [0.3, 0.4) is 0 Å². The summed E-state index contributed by atoms with van der Waals surface area (Å²) in [6.07, 6.45) is 3.48. The van der Waals surface area contributed by atoms with Crippen LogP contribution in [0.15, 0.2) is 18.2 Å². The van der Waals surface area contributed by atoms with Gasteiger partial charge in [-0.25, -0.2) is 22.3 Å². The van der Waals surface area contributed by atoms with E-state index in [4.69, 9.17) is 4.74 Å². The quantitative estimate of drug-likeness (QED) is 0.430. The Hall–Kier alpha value is -2.53. The van der Waals surface area contributed by atoms with Crippen LogP contribution in [-0.4, -0.2) is 66.0 Å². The lowest BCUT2D eigenvalue weighted by atomic mass is 9.84. The second-order valence-corrected chi connectivity index (χ2v) is 15.6. The Bertz CT molecular complexity index is 1380. The molecule has 0 unspecified atom stereocenters. The average molecular weight is 604 g/mol. The minimum atomic E-state index is -3.38. The number of ketones is 1. The lowest BCUT2D eigenvalue weighted by Crippen LogP contribution is -2.53. The number of ether oxygens (including phenoxy) is 1. The molecule has 0 spiro atoms. The van der Waals surface area contributed by atoms with Crippen molar-refractivity contribution in [2.24, 2.45) is 23.2 Å². The molecule has 9 nitrogen and oxygen atoms in total. The summed E-state index contributed by atoms with van der Waals surface area (Å²) in [5, 5.41) is -0.325. The predicted molar refractivity (Wildman–Crippen MR) is 153 cm³/mol. The van der Waals surface area contributed by atoms with Gasteiger partial charge in [-0.15, -0.1) is 0 Å². The maximum atomic E-state index is 14.3. The molecule has 6 rings (SSSR count).